The number of sulfonamides is 1. The van der Waals surface area contributed by atoms with Crippen molar-refractivity contribution in [2.75, 3.05) is 13.1 Å². The molecule has 2 heterocycles. The van der Waals surface area contributed by atoms with Crippen molar-refractivity contribution in [1.29, 1.82) is 5.26 Å². The van der Waals surface area contributed by atoms with E-state index >= 15 is 0 Å². The van der Waals surface area contributed by atoms with Crippen molar-refractivity contribution in [3.63, 3.8) is 0 Å². The Hall–Kier alpha value is -2.24. The van der Waals surface area contributed by atoms with Gasteiger partial charge in [-0.05, 0) is 31.0 Å². The summed E-state index contributed by atoms with van der Waals surface area (Å²) >= 11 is 0. The number of nitrogens with zero attached hydrogens (tertiary/aromatic N) is 4. The number of hydrogen-bond donors (Lipinski definition) is 0. The van der Waals surface area contributed by atoms with Crippen LogP contribution in [0.25, 0.3) is 0 Å². The number of halogens is 1. The summed E-state index contributed by atoms with van der Waals surface area (Å²) in [7, 11) is -2.17. The van der Waals surface area contributed by atoms with Crippen molar-refractivity contribution in [1.82, 2.24) is 14.1 Å². The highest BCUT2D eigenvalue weighted by molar-refractivity contribution is 7.89. The summed E-state index contributed by atoms with van der Waals surface area (Å²) in [5, 5.41) is 13.0. The van der Waals surface area contributed by atoms with Gasteiger partial charge in [0.15, 0.2) is 5.82 Å². The summed E-state index contributed by atoms with van der Waals surface area (Å²) < 4.78 is 43.0. The van der Waals surface area contributed by atoms with Gasteiger partial charge in [0.25, 0.3) is 0 Å². The van der Waals surface area contributed by atoms with Gasteiger partial charge in [0.1, 0.15) is 11.0 Å². The maximum Gasteiger partial charge on any atom is 0.246 e. The molecule has 1 aromatic heterocycles. The predicted octanol–water partition coefficient (Wildman–Crippen LogP) is 2.00. The molecule has 1 fully saturated rings. The van der Waals surface area contributed by atoms with Crippen LogP contribution in [0.15, 0.2) is 35.4 Å². The Balaban J connectivity index is 1.93. The SMILES string of the molecule is Cn1nccc1C1CCCN(S(=O)(=O)c2cccc(C#N)c2F)C1. The molecule has 8 heteroatoms. The second-order valence-corrected chi connectivity index (χ2v) is 7.72. The first-order valence-corrected chi connectivity index (χ1v) is 9.06. The average molecular weight is 348 g/mol. The molecule has 1 aromatic carbocycles. The standard InChI is InChI=1S/C16H17FN4O2S/c1-20-14(7-8-19-20)13-5-3-9-21(11-13)24(22,23)15-6-2-4-12(10-18)16(15)17/h2,4,6-8,13H,3,5,9,11H2,1H3. The monoisotopic (exact) mass is 348 g/mol. The molecule has 1 aliphatic rings. The summed E-state index contributed by atoms with van der Waals surface area (Å²) in [5.74, 6) is -0.967. The van der Waals surface area contributed by atoms with E-state index in [0.29, 0.717) is 13.0 Å². The van der Waals surface area contributed by atoms with Gasteiger partial charge in [-0.1, -0.05) is 6.07 Å². The molecule has 6 nitrogen and oxygen atoms in total. The highest BCUT2D eigenvalue weighted by atomic mass is 32.2. The normalized spacial score (nSPS) is 19.1. The summed E-state index contributed by atoms with van der Waals surface area (Å²) in [6, 6.07) is 7.41. The fourth-order valence-electron chi connectivity index (χ4n) is 3.12. The zero-order valence-corrected chi connectivity index (χ0v) is 14.0. The van der Waals surface area contributed by atoms with E-state index < -0.39 is 20.7 Å². The van der Waals surface area contributed by atoms with Crippen LogP contribution in [0.2, 0.25) is 0 Å². The van der Waals surface area contributed by atoms with Crippen molar-refractivity contribution >= 4 is 10.0 Å². The van der Waals surface area contributed by atoms with Gasteiger partial charge in [-0.25, -0.2) is 12.8 Å². The molecule has 24 heavy (non-hydrogen) atoms. The lowest BCUT2D eigenvalue weighted by molar-refractivity contribution is 0.307. The molecule has 0 radical (unpaired) electrons. The van der Waals surface area contributed by atoms with E-state index in [2.05, 4.69) is 5.10 Å². The number of piperidine rings is 1. The van der Waals surface area contributed by atoms with Crippen LogP contribution in [0, 0.1) is 17.1 Å². The molecule has 2 aromatic rings. The Morgan fingerprint density at radius 3 is 2.83 bits per heavy atom. The number of aromatic nitrogens is 2. The largest absolute Gasteiger partial charge is 0.272 e. The van der Waals surface area contributed by atoms with Gasteiger partial charge in [0, 0.05) is 37.9 Å². The molecule has 126 valence electrons. The van der Waals surface area contributed by atoms with Crippen LogP contribution >= 0.6 is 0 Å². The Labute approximate surface area is 140 Å². The number of aryl methyl sites for hydroxylation is 1. The van der Waals surface area contributed by atoms with E-state index in [1.54, 1.807) is 16.9 Å². The molecule has 1 saturated heterocycles. The van der Waals surface area contributed by atoms with Crippen LogP contribution in [0.1, 0.15) is 30.0 Å². The zero-order chi connectivity index (χ0) is 17.3. The van der Waals surface area contributed by atoms with Crippen LogP contribution in [0.5, 0.6) is 0 Å². The first kappa shape index (κ1) is 16.6. The van der Waals surface area contributed by atoms with E-state index in [1.807, 2.05) is 13.1 Å². The number of benzene rings is 1. The quantitative estimate of drug-likeness (QED) is 0.850. The number of nitriles is 1. The van der Waals surface area contributed by atoms with Crippen molar-refractivity contribution in [2.24, 2.45) is 7.05 Å². The van der Waals surface area contributed by atoms with Crippen molar-refractivity contribution in [3.8, 4) is 6.07 Å². The highest BCUT2D eigenvalue weighted by Crippen LogP contribution is 2.31. The molecular weight excluding hydrogens is 331 g/mol. The lowest BCUT2D eigenvalue weighted by atomic mass is 9.96. The van der Waals surface area contributed by atoms with Gasteiger partial charge < -0.3 is 0 Å². The summed E-state index contributed by atoms with van der Waals surface area (Å²) in [4.78, 5) is -0.438. The molecule has 0 aliphatic carbocycles. The van der Waals surface area contributed by atoms with Crippen LogP contribution < -0.4 is 0 Å². The van der Waals surface area contributed by atoms with Crippen LogP contribution in [0.4, 0.5) is 4.39 Å². The van der Waals surface area contributed by atoms with Crippen molar-refractivity contribution in [2.45, 2.75) is 23.7 Å². The van der Waals surface area contributed by atoms with Crippen LogP contribution in [-0.4, -0.2) is 35.6 Å². The van der Waals surface area contributed by atoms with Crippen LogP contribution in [-0.2, 0) is 17.1 Å². The predicted molar refractivity (Wildman–Crippen MR) is 85.1 cm³/mol. The minimum absolute atomic E-state index is 0.0169. The van der Waals surface area contributed by atoms with Gasteiger partial charge in [0.05, 0.1) is 5.56 Å². The molecule has 0 amide bonds. The van der Waals surface area contributed by atoms with E-state index in [4.69, 9.17) is 5.26 Å². The number of hydrogen-bond acceptors (Lipinski definition) is 4. The first-order chi connectivity index (χ1) is 11.4. The summed E-state index contributed by atoms with van der Waals surface area (Å²) in [5.41, 5.74) is 0.692. The Kier molecular flexibility index (Phi) is 4.39. The second-order valence-electron chi connectivity index (χ2n) is 5.81. The molecule has 0 spiro atoms. The first-order valence-electron chi connectivity index (χ1n) is 7.62. The van der Waals surface area contributed by atoms with Gasteiger partial charge in [-0.2, -0.15) is 14.7 Å². The molecule has 1 unspecified atom stereocenters. The molecule has 3 rings (SSSR count). The van der Waals surface area contributed by atoms with Crippen molar-refractivity contribution in [3.05, 3.63) is 47.5 Å². The van der Waals surface area contributed by atoms with Gasteiger partial charge in [-0.3, -0.25) is 4.68 Å². The maximum absolute atomic E-state index is 14.3. The lowest BCUT2D eigenvalue weighted by Gasteiger charge is -2.32. The van der Waals surface area contributed by atoms with E-state index in [1.165, 1.54) is 22.5 Å². The molecule has 0 bridgehead atoms. The highest BCUT2D eigenvalue weighted by Gasteiger charge is 2.34. The molecule has 1 aliphatic heterocycles. The topological polar surface area (TPSA) is 79.0 Å². The molecular formula is C16H17FN4O2S. The third-order valence-electron chi connectivity index (χ3n) is 4.36. The van der Waals surface area contributed by atoms with E-state index in [-0.39, 0.29) is 18.0 Å². The van der Waals surface area contributed by atoms with Gasteiger partial charge in [-0.15, -0.1) is 0 Å². The Morgan fingerprint density at radius 1 is 1.38 bits per heavy atom. The smallest absolute Gasteiger partial charge is 0.246 e. The Morgan fingerprint density at radius 2 is 2.17 bits per heavy atom. The molecule has 1 atom stereocenters. The fraction of sp³-hybridized carbons (Fsp3) is 0.375. The van der Waals surface area contributed by atoms with Gasteiger partial charge >= 0.3 is 0 Å². The minimum Gasteiger partial charge on any atom is -0.272 e. The zero-order valence-electron chi connectivity index (χ0n) is 13.2. The molecule has 0 saturated carbocycles. The van der Waals surface area contributed by atoms with E-state index in [9.17, 15) is 12.8 Å². The summed E-state index contributed by atoms with van der Waals surface area (Å²) in [6.45, 7) is 0.616. The maximum atomic E-state index is 14.3. The molecule has 0 N–H and O–H groups in total. The third kappa shape index (κ3) is 2.81. The Bertz CT molecular complexity index is 901. The fourth-order valence-corrected chi connectivity index (χ4v) is 4.73. The van der Waals surface area contributed by atoms with E-state index in [0.717, 1.165) is 12.1 Å². The average Bonchev–Trinajstić information content (AvgIpc) is 3.01. The van der Waals surface area contributed by atoms with Gasteiger partial charge in [0.2, 0.25) is 10.0 Å². The lowest BCUT2D eigenvalue weighted by Crippen LogP contribution is -2.39. The van der Waals surface area contributed by atoms with Crippen molar-refractivity contribution < 1.29 is 12.8 Å². The summed E-state index contributed by atoms with van der Waals surface area (Å²) in [6.07, 6.45) is 3.22. The second kappa shape index (κ2) is 6.34. The number of rotatable bonds is 3. The third-order valence-corrected chi connectivity index (χ3v) is 6.25. The van der Waals surface area contributed by atoms with Crippen LogP contribution in [0.3, 0.4) is 0 Å². The minimum atomic E-state index is -3.98.